The van der Waals surface area contributed by atoms with E-state index < -0.39 is 0 Å². The van der Waals surface area contributed by atoms with Crippen molar-refractivity contribution in [1.29, 1.82) is 0 Å². The van der Waals surface area contributed by atoms with Gasteiger partial charge in [-0.3, -0.25) is 0 Å². The number of hydrogen-bond donors (Lipinski definition) is 0. The Bertz CT molecular complexity index is 815. The highest BCUT2D eigenvalue weighted by Crippen LogP contribution is 2.54. The Balaban J connectivity index is 1.72. The first-order chi connectivity index (χ1) is 14.8. The monoisotopic (exact) mass is 406 g/mol. The standard InChI is InChI=1S/C26H30O4/c1-3-19-7-5-9-23-21-11-12-22(21)24-10-6-8-20(4-2)26(24)30-18-16-28-14-13-27-15-17-29-25(19)23/h3-10,21-22H,1-2,11-18H2/t21-,22+. The molecule has 4 rings (SSSR count). The summed E-state index contributed by atoms with van der Waals surface area (Å²) >= 11 is 0. The quantitative estimate of drug-likeness (QED) is 0.666. The second-order valence-electron chi connectivity index (χ2n) is 7.65. The van der Waals surface area contributed by atoms with Gasteiger partial charge in [0.1, 0.15) is 24.7 Å². The summed E-state index contributed by atoms with van der Waals surface area (Å²) in [5.74, 6) is 2.62. The first-order valence-electron chi connectivity index (χ1n) is 10.7. The summed E-state index contributed by atoms with van der Waals surface area (Å²) in [6.45, 7) is 11.1. The molecule has 4 nitrogen and oxygen atoms in total. The van der Waals surface area contributed by atoms with E-state index in [0.29, 0.717) is 51.5 Å². The molecule has 1 aliphatic carbocycles. The topological polar surface area (TPSA) is 36.9 Å². The molecule has 0 unspecified atom stereocenters. The van der Waals surface area contributed by atoms with Crippen LogP contribution in [0, 0.1) is 0 Å². The van der Waals surface area contributed by atoms with Gasteiger partial charge in [0.25, 0.3) is 0 Å². The van der Waals surface area contributed by atoms with Crippen LogP contribution in [-0.4, -0.2) is 39.6 Å². The Kier molecular flexibility index (Phi) is 6.88. The van der Waals surface area contributed by atoms with Crippen molar-refractivity contribution in [2.45, 2.75) is 24.7 Å². The lowest BCUT2D eigenvalue weighted by molar-refractivity contribution is 0.0267. The maximum absolute atomic E-state index is 6.21. The van der Waals surface area contributed by atoms with E-state index in [-0.39, 0.29) is 0 Å². The summed E-state index contributed by atoms with van der Waals surface area (Å²) < 4.78 is 23.7. The molecule has 30 heavy (non-hydrogen) atoms. The van der Waals surface area contributed by atoms with Crippen LogP contribution in [0.4, 0.5) is 0 Å². The van der Waals surface area contributed by atoms with Crippen LogP contribution in [0.25, 0.3) is 12.2 Å². The lowest BCUT2D eigenvalue weighted by Gasteiger charge is -2.39. The van der Waals surface area contributed by atoms with Gasteiger partial charge in [0.05, 0.1) is 26.4 Å². The van der Waals surface area contributed by atoms with Crippen LogP contribution in [0.2, 0.25) is 0 Å². The van der Waals surface area contributed by atoms with Crippen molar-refractivity contribution in [3.63, 3.8) is 0 Å². The lowest BCUT2D eigenvalue weighted by atomic mass is 9.66. The minimum atomic E-state index is 0.382. The summed E-state index contributed by atoms with van der Waals surface area (Å²) in [5, 5.41) is 0. The fourth-order valence-corrected chi connectivity index (χ4v) is 4.36. The molecule has 0 N–H and O–H groups in total. The Morgan fingerprint density at radius 3 is 1.47 bits per heavy atom. The van der Waals surface area contributed by atoms with E-state index in [2.05, 4.69) is 49.6 Å². The second-order valence-corrected chi connectivity index (χ2v) is 7.65. The van der Waals surface area contributed by atoms with Gasteiger partial charge in [-0.05, 0) is 35.8 Å². The minimum Gasteiger partial charge on any atom is -0.490 e. The third-order valence-corrected chi connectivity index (χ3v) is 5.99. The molecule has 4 heteroatoms. The first kappa shape index (κ1) is 20.7. The van der Waals surface area contributed by atoms with Gasteiger partial charge >= 0.3 is 0 Å². The number of para-hydroxylation sites is 2. The van der Waals surface area contributed by atoms with E-state index in [0.717, 1.165) is 35.5 Å². The molecule has 1 aliphatic heterocycles. The van der Waals surface area contributed by atoms with Crippen molar-refractivity contribution in [3.05, 3.63) is 71.8 Å². The molecule has 2 atom stereocenters. The Morgan fingerprint density at radius 1 is 0.633 bits per heavy atom. The molecule has 0 bridgehead atoms. The highest BCUT2D eigenvalue weighted by molar-refractivity contribution is 5.62. The SMILES string of the molecule is C=Cc1cccc2c1OCCOCCOCCOc1c(C=C)cccc1[C@@H]1CC[C@H]21. The van der Waals surface area contributed by atoms with Crippen LogP contribution < -0.4 is 9.47 Å². The van der Waals surface area contributed by atoms with Crippen molar-refractivity contribution in [3.8, 4) is 11.5 Å². The molecule has 2 aromatic rings. The van der Waals surface area contributed by atoms with Crippen molar-refractivity contribution in [2.24, 2.45) is 0 Å². The molecule has 1 heterocycles. The zero-order valence-corrected chi connectivity index (χ0v) is 17.5. The smallest absolute Gasteiger partial charge is 0.130 e. The fourth-order valence-electron chi connectivity index (χ4n) is 4.36. The van der Waals surface area contributed by atoms with Gasteiger partial charge in [0.2, 0.25) is 0 Å². The average Bonchev–Trinajstić information content (AvgIpc) is 2.75. The molecule has 0 spiro atoms. The average molecular weight is 407 g/mol. The minimum absolute atomic E-state index is 0.382. The Labute approximate surface area is 179 Å². The normalized spacial score (nSPS) is 22.1. The van der Waals surface area contributed by atoms with E-state index in [9.17, 15) is 0 Å². The third-order valence-electron chi connectivity index (χ3n) is 5.99. The van der Waals surface area contributed by atoms with Crippen LogP contribution in [-0.2, 0) is 9.47 Å². The van der Waals surface area contributed by atoms with Crippen molar-refractivity contribution >= 4 is 12.2 Å². The molecule has 0 saturated heterocycles. The largest absolute Gasteiger partial charge is 0.490 e. The molecule has 0 aromatic heterocycles. The van der Waals surface area contributed by atoms with Gasteiger partial charge in [-0.25, -0.2) is 0 Å². The zero-order valence-electron chi connectivity index (χ0n) is 17.5. The van der Waals surface area contributed by atoms with Crippen LogP contribution in [0.5, 0.6) is 11.5 Å². The summed E-state index contributed by atoms with van der Waals surface area (Å²) in [4.78, 5) is 0. The molecule has 1 saturated carbocycles. The molecule has 0 amide bonds. The molecule has 1 fully saturated rings. The van der Waals surface area contributed by atoms with Crippen LogP contribution in [0.3, 0.4) is 0 Å². The van der Waals surface area contributed by atoms with E-state index in [4.69, 9.17) is 18.9 Å². The molecule has 158 valence electrons. The van der Waals surface area contributed by atoms with Gasteiger partial charge in [0, 0.05) is 11.1 Å². The number of rotatable bonds is 2. The number of ether oxygens (including phenoxy) is 4. The maximum Gasteiger partial charge on any atom is 0.130 e. The molecular weight excluding hydrogens is 376 g/mol. The molecular formula is C26H30O4. The van der Waals surface area contributed by atoms with Crippen molar-refractivity contribution < 1.29 is 18.9 Å². The van der Waals surface area contributed by atoms with Crippen molar-refractivity contribution in [1.82, 2.24) is 0 Å². The second kappa shape index (κ2) is 9.96. The predicted molar refractivity (Wildman–Crippen MR) is 120 cm³/mol. The van der Waals surface area contributed by atoms with E-state index in [1.165, 1.54) is 11.1 Å². The molecule has 0 radical (unpaired) electrons. The molecule has 2 aromatic carbocycles. The van der Waals surface area contributed by atoms with Crippen molar-refractivity contribution in [2.75, 3.05) is 39.6 Å². The van der Waals surface area contributed by atoms with Crippen LogP contribution in [0.15, 0.2) is 49.6 Å². The maximum atomic E-state index is 6.21. The van der Waals surface area contributed by atoms with Crippen LogP contribution >= 0.6 is 0 Å². The highest BCUT2D eigenvalue weighted by atomic mass is 16.6. The van der Waals surface area contributed by atoms with E-state index in [1.807, 2.05) is 12.2 Å². The van der Waals surface area contributed by atoms with Gasteiger partial charge < -0.3 is 18.9 Å². The third kappa shape index (κ3) is 4.30. The predicted octanol–water partition coefficient (Wildman–Crippen LogP) is 5.44. The van der Waals surface area contributed by atoms with E-state index in [1.54, 1.807) is 0 Å². The van der Waals surface area contributed by atoms with Gasteiger partial charge in [0.15, 0.2) is 0 Å². The van der Waals surface area contributed by atoms with Gasteiger partial charge in [-0.1, -0.05) is 61.7 Å². The summed E-state index contributed by atoms with van der Waals surface area (Å²) in [7, 11) is 0. The van der Waals surface area contributed by atoms with Crippen LogP contribution in [0.1, 0.15) is 46.9 Å². The number of hydrogen-bond acceptors (Lipinski definition) is 4. The summed E-state index contributed by atoms with van der Waals surface area (Å²) in [6, 6.07) is 12.7. The highest BCUT2D eigenvalue weighted by Gasteiger charge is 2.37. The van der Waals surface area contributed by atoms with E-state index >= 15 is 0 Å². The lowest BCUT2D eigenvalue weighted by Crippen LogP contribution is -2.24. The Hall–Kier alpha value is -2.56. The summed E-state index contributed by atoms with van der Waals surface area (Å²) in [6.07, 6.45) is 5.98. The van der Waals surface area contributed by atoms with Gasteiger partial charge in [-0.2, -0.15) is 0 Å². The number of fused-ring (bicyclic) bond motifs is 5. The summed E-state index contributed by atoms with van der Waals surface area (Å²) in [5.41, 5.74) is 4.54. The Morgan fingerprint density at radius 2 is 1.07 bits per heavy atom. The van der Waals surface area contributed by atoms with Gasteiger partial charge in [-0.15, -0.1) is 0 Å². The molecule has 2 aliphatic rings. The fraction of sp³-hybridized carbons (Fsp3) is 0.385. The first-order valence-corrected chi connectivity index (χ1v) is 10.7. The number of benzene rings is 2. The zero-order chi connectivity index (χ0) is 20.8.